The number of thiophene rings is 2. The second-order valence-electron chi connectivity index (χ2n) is 13.1. The number of nitrogens with zero attached hydrogens (tertiary/aromatic N) is 4. The first-order chi connectivity index (χ1) is 25.0. The molecule has 0 radical (unpaired) electrons. The zero-order valence-corrected chi connectivity index (χ0v) is 31.1. The first-order valence-corrected chi connectivity index (χ1v) is 19.0. The molecule has 0 bridgehead atoms. The highest BCUT2D eigenvalue weighted by Crippen LogP contribution is 2.61. The fourth-order valence-corrected chi connectivity index (χ4v) is 11.1. The van der Waals surface area contributed by atoms with E-state index in [1.165, 1.54) is 23.3 Å². The SMILES string of the molecule is [C-]#[N+]C(C#N)=C1/C(=C/c2cc3c(s2)-c2sc(/C=C4\C(=O)c5cc(Cl)c(Cl)cc5\C4=C(\C#N)[N+]#[C-])cc2C32CCCCC2)C(=O)c2cc(Cl)c(C)cc21. The summed E-state index contributed by atoms with van der Waals surface area (Å²) in [5, 5.41) is 20.6. The largest absolute Gasteiger partial charge is 0.289 e. The van der Waals surface area contributed by atoms with Gasteiger partial charge in [-0.1, -0.05) is 60.1 Å². The molecule has 0 unspecified atom stereocenters. The van der Waals surface area contributed by atoms with E-state index in [2.05, 4.69) is 21.8 Å². The summed E-state index contributed by atoms with van der Waals surface area (Å²) in [6.07, 6.45) is 8.68. The molecule has 2 aromatic carbocycles. The number of allylic oxidation sites excluding steroid dienone is 6. The van der Waals surface area contributed by atoms with E-state index in [9.17, 15) is 20.1 Å². The van der Waals surface area contributed by atoms with Gasteiger partial charge in [0, 0.05) is 63.4 Å². The van der Waals surface area contributed by atoms with Gasteiger partial charge in [-0.2, -0.15) is 0 Å². The molecular formula is C41H21Cl3N4O2S2. The highest BCUT2D eigenvalue weighted by Gasteiger charge is 2.47. The molecule has 0 atom stereocenters. The molecule has 250 valence electrons. The normalized spacial score (nSPS) is 19.8. The average molecular weight is 772 g/mol. The maximum Gasteiger partial charge on any atom is 0.270 e. The van der Waals surface area contributed by atoms with Crippen LogP contribution in [0.15, 0.2) is 58.9 Å². The van der Waals surface area contributed by atoms with Gasteiger partial charge in [0.25, 0.3) is 11.4 Å². The Hall–Kier alpha value is -5.03. The molecule has 2 aromatic heterocycles. The molecule has 0 amide bonds. The molecule has 0 saturated heterocycles. The van der Waals surface area contributed by atoms with Crippen molar-refractivity contribution in [3.05, 3.63) is 146 Å². The third-order valence-electron chi connectivity index (χ3n) is 10.3. The molecule has 4 aromatic rings. The third kappa shape index (κ3) is 4.92. The monoisotopic (exact) mass is 770 g/mol. The predicted molar refractivity (Wildman–Crippen MR) is 207 cm³/mol. The van der Waals surface area contributed by atoms with Crippen molar-refractivity contribution in [3.63, 3.8) is 0 Å². The minimum absolute atomic E-state index is 0.148. The van der Waals surface area contributed by atoms with E-state index >= 15 is 0 Å². The minimum atomic E-state index is -0.328. The Morgan fingerprint density at radius 2 is 1.15 bits per heavy atom. The molecule has 4 aliphatic carbocycles. The Morgan fingerprint density at radius 3 is 1.62 bits per heavy atom. The average Bonchev–Trinajstić information content (AvgIpc) is 3.91. The molecule has 0 N–H and O–H groups in total. The van der Waals surface area contributed by atoms with Crippen molar-refractivity contribution in [1.29, 1.82) is 10.5 Å². The van der Waals surface area contributed by atoms with Crippen molar-refractivity contribution < 1.29 is 9.59 Å². The lowest BCUT2D eigenvalue weighted by molar-refractivity contribution is 0.103. The van der Waals surface area contributed by atoms with Crippen LogP contribution in [0, 0.1) is 42.7 Å². The third-order valence-corrected chi connectivity index (χ3v) is 13.8. The van der Waals surface area contributed by atoms with Crippen molar-refractivity contribution >= 4 is 92.3 Å². The van der Waals surface area contributed by atoms with Crippen LogP contribution < -0.4 is 0 Å². The van der Waals surface area contributed by atoms with Crippen LogP contribution in [0.3, 0.4) is 0 Å². The van der Waals surface area contributed by atoms with Crippen LogP contribution >= 0.6 is 57.5 Å². The topological polar surface area (TPSA) is 90.4 Å². The van der Waals surface area contributed by atoms with Gasteiger partial charge in [-0.15, -0.1) is 22.7 Å². The number of carbonyl (C=O) groups is 2. The molecule has 4 aliphatic rings. The smallest absolute Gasteiger partial charge is 0.270 e. The Balaban J connectivity index is 1.28. The van der Waals surface area contributed by atoms with Crippen LogP contribution in [0.4, 0.5) is 0 Å². The number of Topliss-reactive ketones (excluding diaryl/α,β-unsaturated/α-hetero) is 2. The zero-order valence-electron chi connectivity index (χ0n) is 27.2. The maximum atomic E-state index is 13.9. The quantitative estimate of drug-likeness (QED) is 0.115. The van der Waals surface area contributed by atoms with Crippen molar-refractivity contribution in [2.75, 3.05) is 0 Å². The number of fused-ring (bicyclic) bond motifs is 7. The number of carbonyl (C=O) groups excluding carboxylic acids is 2. The molecule has 6 nitrogen and oxygen atoms in total. The molecule has 52 heavy (non-hydrogen) atoms. The summed E-state index contributed by atoms with van der Waals surface area (Å²) in [6.45, 7) is 17.2. The van der Waals surface area contributed by atoms with Crippen LogP contribution in [0.2, 0.25) is 15.1 Å². The Labute approximate surface area is 322 Å². The lowest BCUT2D eigenvalue weighted by Crippen LogP contribution is -2.27. The van der Waals surface area contributed by atoms with Gasteiger partial charge in [-0.05, 0) is 90.1 Å². The molecule has 1 fully saturated rings. The van der Waals surface area contributed by atoms with Gasteiger partial charge in [0.1, 0.15) is 0 Å². The zero-order chi connectivity index (χ0) is 36.6. The number of hydrogen-bond acceptors (Lipinski definition) is 6. The van der Waals surface area contributed by atoms with Gasteiger partial charge in [0.05, 0.1) is 35.3 Å². The van der Waals surface area contributed by atoms with Gasteiger partial charge in [-0.25, -0.2) is 20.2 Å². The second-order valence-corrected chi connectivity index (χ2v) is 16.4. The van der Waals surface area contributed by atoms with Crippen LogP contribution in [-0.2, 0) is 5.41 Å². The fourth-order valence-electron chi connectivity index (χ4n) is 8.02. The molecule has 0 aliphatic heterocycles. The molecule has 2 heterocycles. The van der Waals surface area contributed by atoms with E-state index in [1.807, 2.05) is 19.1 Å². The van der Waals surface area contributed by atoms with Crippen molar-refractivity contribution in [1.82, 2.24) is 0 Å². The van der Waals surface area contributed by atoms with E-state index in [1.54, 1.807) is 47.0 Å². The number of aryl methyl sites for hydroxylation is 1. The number of benzene rings is 2. The van der Waals surface area contributed by atoms with E-state index in [4.69, 9.17) is 47.9 Å². The van der Waals surface area contributed by atoms with E-state index < -0.39 is 0 Å². The number of hydrogen-bond donors (Lipinski definition) is 0. The van der Waals surface area contributed by atoms with Crippen LogP contribution in [-0.4, -0.2) is 11.6 Å². The summed E-state index contributed by atoms with van der Waals surface area (Å²) in [4.78, 5) is 38.4. The van der Waals surface area contributed by atoms with Crippen molar-refractivity contribution in [3.8, 4) is 21.9 Å². The Kier molecular flexibility index (Phi) is 8.24. The Morgan fingerprint density at radius 1 is 0.712 bits per heavy atom. The number of nitriles is 2. The van der Waals surface area contributed by atoms with Crippen LogP contribution in [0.1, 0.15) is 90.4 Å². The van der Waals surface area contributed by atoms with Gasteiger partial charge >= 0.3 is 0 Å². The lowest BCUT2D eigenvalue weighted by atomic mass is 9.68. The number of ketones is 2. The van der Waals surface area contributed by atoms with Crippen molar-refractivity contribution in [2.24, 2.45) is 0 Å². The molecule has 11 heteroatoms. The van der Waals surface area contributed by atoms with E-state index in [0.29, 0.717) is 38.4 Å². The van der Waals surface area contributed by atoms with Gasteiger partial charge < -0.3 is 0 Å². The van der Waals surface area contributed by atoms with E-state index in [-0.39, 0.29) is 49.6 Å². The molecule has 1 spiro atoms. The summed E-state index contributed by atoms with van der Waals surface area (Å²) in [6, 6.07) is 14.6. The summed E-state index contributed by atoms with van der Waals surface area (Å²) >= 11 is 22.1. The Bertz CT molecular complexity index is 2480. The molecule has 1 saturated carbocycles. The van der Waals surface area contributed by atoms with Crippen LogP contribution in [0.25, 0.3) is 42.7 Å². The highest BCUT2D eigenvalue weighted by atomic mass is 35.5. The van der Waals surface area contributed by atoms with E-state index in [0.717, 1.165) is 57.2 Å². The standard InChI is InChI=1S/C41H21Cl3N4O2S2/c1-19-9-22-24(15-30(19)42)37(49)26(35(22)33(17-45)47-2)10-20-12-28-39(51-20)40-29(41(28)7-5-4-6-8-41)13-21(52-40)11-27-36(34(18-46)48-3)23-14-31(43)32(44)16-25(23)38(27)50/h9-16H,4-8H2,1H3/b26-10-,27-11-,35-33?,36-34+. The summed E-state index contributed by atoms with van der Waals surface area (Å²) in [5.74, 6) is -0.606. The van der Waals surface area contributed by atoms with Crippen molar-refractivity contribution in [2.45, 2.75) is 44.4 Å². The number of rotatable bonds is 2. The molecule has 8 rings (SSSR count). The summed E-state index contributed by atoms with van der Waals surface area (Å²) < 4.78 is 0. The molecular weight excluding hydrogens is 751 g/mol. The second kappa shape index (κ2) is 12.6. The first-order valence-electron chi connectivity index (χ1n) is 16.2. The summed E-state index contributed by atoms with van der Waals surface area (Å²) in [5.41, 5.74) is 5.30. The van der Waals surface area contributed by atoms with Gasteiger partial charge in [0.15, 0.2) is 11.6 Å². The number of halogens is 3. The maximum absolute atomic E-state index is 13.9. The predicted octanol–water partition coefficient (Wildman–Crippen LogP) is 12.2. The highest BCUT2D eigenvalue weighted by molar-refractivity contribution is 7.23. The lowest BCUT2D eigenvalue weighted by Gasteiger charge is -2.34. The fraction of sp³-hybridized carbons (Fsp3) is 0.171. The summed E-state index contributed by atoms with van der Waals surface area (Å²) in [7, 11) is 0. The van der Waals surface area contributed by atoms with Gasteiger partial charge in [-0.3, -0.25) is 9.59 Å². The minimum Gasteiger partial charge on any atom is -0.289 e. The first kappa shape index (κ1) is 34.1. The van der Waals surface area contributed by atoms with Gasteiger partial charge in [0.2, 0.25) is 0 Å². The van der Waals surface area contributed by atoms with Crippen LogP contribution in [0.5, 0.6) is 0 Å².